The third kappa shape index (κ3) is 4.56. The first-order valence-corrected chi connectivity index (χ1v) is 9.93. The van der Waals surface area contributed by atoms with E-state index in [1.165, 1.54) is 12.1 Å². The van der Waals surface area contributed by atoms with Crippen molar-refractivity contribution in [2.75, 3.05) is 26.2 Å². The van der Waals surface area contributed by atoms with Crippen molar-refractivity contribution in [3.63, 3.8) is 0 Å². The van der Waals surface area contributed by atoms with Crippen LogP contribution in [0, 0.1) is 5.82 Å². The molecule has 0 unspecified atom stereocenters. The number of nitrogens with zero attached hydrogens (tertiary/aromatic N) is 3. The van der Waals surface area contributed by atoms with E-state index in [4.69, 9.17) is 4.42 Å². The number of carbonyl (C=O) groups is 2. The summed E-state index contributed by atoms with van der Waals surface area (Å²) < 4.78 is 18.7. The quantitative estimate of drug-likeness (QED) is 0.650. The van der Waals surface area contributed by atoms with Crippen molar-refractivity contribution < 1.29 is 18.4 Å². The number of halogens is 1. The summed E-state index contributed by atoms with van der Waals surface area (Å²) in [5, 5.41) is 0. The summed E-state index contributed by atoms with van der Waals surface area (Å²) in [6.45, 7) is 2.08. The Hall–Kier alpha value is -3.48. The first-order valence-electron chi connectivity index (χ1n) is 9.93. The zero-order valence-electron chi connectivity index (χ0n) is 16.5. The van der Waals surface area contributed by atoms with Gasteiger partial charge in [-0.3, -0.25) is 9.59 Å². The maximum Gasteiger partial charge on any atom is 0.253 e. The van der Waals surface area contributed by atoms with Crippen LogP contribution in [0.4, 0.5) is 4.39 Å². The highest BCUT2D eigenvalue weighted by Gasteiger charge is 2.24. The summed E-state index contributed by atoms with van der Waals surface area (Å²) in [4.78, 5) is 32.8. The zero-order chi connectivity index (χ0) is 20.9. The van der Waals surface area contributed by atoms with E-state index >= 15 is 0 Å². The Morgan fingerprint density at radius 3 is 2.30 bits per heavy atom. The first kappa shape index (κ1) is 19.8. The summed E-state index contributed by atoms with van der Waals surface area (Å²) >= 11 is 0. The van der Waals surface area contributed by atoms with Gasteiger partial charge in [0, 0.05) is 50.1 Å². The minimum absolute atomic E-state index is 0.00388. The Kier molecular flexibility index (Phi) is 5.88. The largest absolute Gasteiger partial charge is 0.441 e. The highest BCUT2D eigenvalue weighted by atomic mass is 19.1. The van der Waals surface area contributed by atoms with Gasteiger partial charge < -0.3 is 14.2 Å². The van der Waals surface area contributed by atoms with Gasteiger partial charge in [-0.1, -0.05) is 18.2 Å². The molecule has 0 saturated carbocycles. The van der Waals surface area contributed by atoms with Gasteiger partial charge in [-0.2, -0.15) is 0 Å². The fraction of sp³-hybridized carbons (Fsp3) is 0.261. The van der Waals surface area contributed by atoms with Crippen LogP contribution in [0.3, 0.4) is 0 Å². The third-order valence-corrected chi connectivity index (χ3v) is 5.18. The molecule has 2 heterocycles. The summed E-state index contributed by atoms with van der Waals surface area (Å²) in [6, 6.07) is 15.2. The molecular weight excluding hydrogens is 385 g/mol. The first-order chi connectivity index (χ1) is 14.6. The number of benzene rings is 2. The van der Waals surface area contributed by atoms with Crippen LogP contribution in [-0.4, -0.2) is 52.8 Å². The van der Waals surface area contributed by atoms with E-state index in [0.717, 1.165) is 5.56 Å². The number of aryl methyl sites for hydroxylation is 1. The fourth-order valence-corrected chi connectivity index (χ4v) is 3.47. The lowest BCUT2D eigenvalue weighted by Crippen LogP contribution is -2.50. The number of piperazine rings is 1. The zero-order valence-corrected chi connectivity index (χ0v) is 16.5. The number of oxazole rings is 1. The summed E-state index contributed by atoms with van der Waals surface area (Å²) in [7, 11) is 0. The molecule has 0 spiro atoms. The number of hydrogen-bond donors (Lipinski definition) is 0. The number of carbonyl (C=O) groups excluding carboxylic acids is 2. The van der Waals surface area contributed by atoms with Crippen LogP contribution in [0.5, 0.6) is 0 Å². The average molecular weight is 407 g/mol. The van der Waals surface area contributed by atoms with Gasteiger partial charge in [0.2, 0.25) is 5.91 Å². The molecular formula is C23H22FN3O3. The Labute approximate surface area is 173 Å². The standard InChI is InChI=1S/C23H22FN3O3/c24-19-8-6-17(7-9-19)20-16-25-21(30-20)10-11-22(28)26-12-14-27(15-13-26)23(29)18-4-2-1-3-5-18/h1-9,16H,10-15H2. The van der Waals surface area contributed by atoms with Gasteiger partial charge >= 0.3 is 0 Å². The maximum atomic E-state index is 13.0. The highest BCUT2D eigenvalue weighted by Crippen LogP contribution is 2.21. The predicted molar refractivity (Wildman–Crippen MR) is 109 cm³/mol. The minimum Gasteiger partial charge on any atom is -0.441 e. The molecule has 6 nitrogen and oxygen atoms in total. The van der Waals surface area contributed by atoms with Crippen LogP contribution >= 0.6 is 0 Å². The summed E-state index contributed by atoms with van der Waals surface area (Å²) in [6.07, 6.45) is 2.26. The molecule has 0 N–H and O–H groups in total. The summed E-state index contributed by atoms with van der Waals surface area (Å²) in [5.41, 5.74) is 1.40. The van der Waals surface area contributed by atoms with Crippen molar-refractivity contribution in [3.05, 3.63) is 78.1 Å². The second-order valence-corrected chi connectivity index (χ2v) is 7.16. The molecule has 154 valence electrons. The third-order valence-electron chi connectivity index (χ3n) is 5.18. The van der Waals surface area contributed by atoms with Crippen LogP contribution in [0.15, 0.2) is 65.2 Å². The van der Waals surface area contributed by atoms with E-state index in [9.17, 15) is 14.0 Å². The Bertz CT molecular complexity index is 1010. The van der Waals surface area contributed by atoms with Crippen molar-refractivity contribution >= 4 is 11.8 Å². The van der Waals surface area contributed by atoms with Gasteiger partial charge in [0.05, 0.1) is 6.20 Å². The normalized spacial score (nSPS) is 14.0. The second-order valence-electron chi connectivity index (χ2n) is 7.16. The van der Waals surface area contributed by atoms with Crippen LogP contribution in [0.2, 0.25) is 0 Å². The van der Waals surface area contributed by atoms with Crippen LogP contribution in [0.1, 0.15) is 22.7 Å². The summed E-state index contributed by atoms with van der Waals surface area (Å²) in [5.74, 6) is 0.722. The van der Waals surface area contributed by atoms with E-state index in [2.05, 4.69) is 4.98 Å². The van der Waals surface area contributed by atoms with Gasteiger partial charge in [0.25, 0.3) is 5.91 Å². The van der Waals surface area contributed by atoms with Crippen molar-refractivity contribution in [1.82, 2.24) is 14.8 Å². The Balaban J connectivity index is 1.26. The molecule has 4 rings (SSSR count). The van der Waals surface area contributed by atoms with Crippen molar-refractivity contribution in [1.29, 1.82) is 0 Å². The number of amides is 2. The van der Waals surface area contributed by atoms with E-state index in [-0.39, 0.29) is 24.1 Å². The predicted octanol–water partition coefficient (Wildman–Crippen LogP) is 3.40. The number of rotatable bonds is 5. The molecule has 7 heteroatoms. The van der Waals surface area contributed by atoms with Crippen LogP contribution < -0.4 is 0 Å². The van der Waals surface area contributed by atoms with Gasteiger partial charge in [0.1, 0.15) is 5.82 Å². The van der Waals surface area contributed by atoms with Gasteiger partial charge in [-0.25, -0.2) is 9.37 Å². The molecule has 2 aromatic carbocycles. The topological polar surface area (TPSA) is 66.7 Å². The minimum atomic E-state index is -0.311. The number of aromatic nitrogens is 1. The van der Waals surface area contributed by atoms with E-state index in [1.807, 2.05) is 18.2 Å². The van der Waals surface area contributed by atoms with Gasteiger partial charge in [0.15, 0.2) is 11.7 Å². The van der Waals surface area contributed by atoms with E-state index < -0.39 is 0 Å². The Morgan fingerprint density at radius 1 is 0.933 bits per heavy atom. The molecule has 0 aliphatic carbocycles. The molecule has 1 aromatic heterocycles. The average Bonchev–Trinajstić information content (AvgIpc) is 3.27. The van der Waals surface area contributed by atoms with Crippen molar-refractivity contribution in [2.45, 2.75) is 12.8 Å². The lowest BCUT2D eigenvalue weighted by Gasteiger charge is -2.34. The molecule has 30 heavy (non-hydrogen) atoms. The lowest BCUT2D eigenvalue weighted by molar-refractivity contribution is -0.132. The van der Waals surface area contributed by atoms with Crippen molar-refractivity contribution in [3.8, 4) is 11.3 Å². The van der Waals surface area contributed by atoms with Crippen LogP contribution in [-0.2, 0) is 11.2 Å². The van der Waals surface area contributed by atoms with E-state index in [1.54, 1.807) is 40.3 Å². The molecule has 1 aliphatic heterocycles. The molecule has 1 saturated heterocycles. The lowest BCUT2D eigenvalue weighted by atomic mass is 10.1. The smallest absolute Gasteiger partial charge is 0.253 e. The molecule has 2 amide bonds. The molecule has 1 fully saturated rings. The monoisotopic (exact) mass is 407 g/mol. The maximum absolute atomic E-state index is 13.0. The van der Waals surface area contributed by atoms with Gasteiger partial charge in [-0.05, 0) is 36.4 Å². The fourth-order valence-electron chi connectivity index (χ4n) is 3.47. The Morgan fingerprint density at radius 2 is 1.60 bits per heavy atom. The van der Waals surface area contributed by atoms with Crippen molar-refractivity contribution in [2.24, 2.45) is 0 Å². The highest BCUT2D eigenvalue weighted by molar-refractivity contribution is 5.94. The second kappa shape index (κ2) is 8.90. The molecule has 3 aromatic rings. The van der Waals surface area contributed by atoms with Crippen LogP contribution in [0.25, 0.3) is 11.3 Å². The molecule has 0 atom stereocenters. The number of hydrogen-bond acceptors (Lipinski definition) is 4. The molecule has 1 aliphatic rings. The van der Waals surface area contributed by atoms with E-state index in [0.29, 0.717) is 49.8 Å². The molecule has 0 bridgehead atoms. The SMILES string of the molecule is O=C(CCc1ncc(-c2ccc(F)cc2)o1)N1CCN(C(=O)c2ccccc2)CC1. The molecule has 0 radical (unpaired) electrons. The van der Waals surface area contributed by atoms with Gasteiger partial charge in [-0.15, -0.1) is 0 Å².